The minimum Gasteiger partial charge on any atom is -0.493 e. The summed E-state index contributed by atoms with van der Waals surface area (Å²) in [6, 6.07) is 23.0. The molecule has 162 valence electrons. The van der Waals surface area contributed by atoms with Crippen molar-refractivity contribution >= 4 is 29.0 Å². The first-order valence-electron chi connectivity index (χ1n) is 10.2. The molecule has 3 aromatic carbocycles. The molecule has 0 spiro atoms. The fourth-order valence-electron chi connectivity index (χ4n) is 3.38. The fourth-order valence-corrected chi connectivity index (χ4v) is 4.21. The number of methoxy groups -OCH3 is 1. The average molecular weight is 446 g/mol. The van der Waals surface area contributed by atoms with Crippen LogP contribution in [0, 0.1) is 6.92 Å². The molecule has 1 heterocycles. The predicted molar refractivity (Wildman–Crippen MR) is 126 cm³/mol. The number of imide groups is 1. The Labute approximate surface area is 191 Å². The van der Waals surface area contributed by atoms with E-state index in [2.05, 4.69) is 0 Å². The maximum absolute atomic E-state index is 12.9. The van der Waals surface area contributed by atoms with Crippen LogP contribution in [0.25, 0.3) is 6.08 Å². The Morgan fingerprint density at radius 1 is 0.938 bits per heavy atom. The zero-order chi connectivity index (χ0) is 22.5. The second-order valence-electron chi connectivity index (χ2n) is 7.38. The molecule has 5 nitrogen and oxygen atoms in total. The number of thioether (sulfide) groups is 1. The molecule has 1 aliphatic rings. The molecule has 4 rings (SSSR count). The van der Waals surface area contributed by atoms with Crippen LogP contribution in [0.1, 0.15) is 22.3 Å². The molecule has 0 atom stereocenters. The smallest absolute Gasteiger partial charge is 0.293 e. The predicted octanol–water partition coefficient (Wildman–Crippen LogP) is 5.82. The molecule has 32 heavy (non-hydrogen) atoms. The number of carbonyl (C=O) groups excluding carboxylic acids is 2. The summed E-state index contributed by atoms with van der Waals surface area (Å²) in [5.74, 6) is 0.890. The van der Waals surface area contributed by atoms with Gasteiger partial charge in [-0.1, -0.05) is 60.7 Å². The molecule has 0 aliphatic carbocycles. The zero-order valence-electron chi connectivity index (χ0n) is 17.9. The quantitative estimate of drug-likeness (QED) is 0.429. The molecule has 1 fully saturated rings. The van der Waals surface area contributed by atoms with Crippen molar-refractivity contribution in [1.29, 1.82) is 0 Å². The van der Waals surface area contributed by atoms with E-state index < -0.39 is 0 Å². The molecule has 2 amide bonds. The van der Waals surface area contributed by atoms with E-state index in [0.717, 1.165) is 34.0 Å². The number of amides is 2. The minimum atomic E-state index is -0.286. The van der Waals surface area contributed by atoms with E-state index in [1.807, 2.05) is 73.7 Å². The van der Waals surface area contributed by atoms with Gasteiger partial charge >= 0.3 is 0 Å². The Bertz CT molecular complexity index is 1170. The maximum atomic E-state index is 12.9. The van der Waals surface area contributed by atoms with Gasteiger partial charge in [0.15, 0.2) is 11.5 Å². The Kier molecular flexibility index (Phi) is 6.61. The van der Waals surface area contributed by atoms with E-state index in [4.69, 9.17) is 9.47 Å². The van der Waals surface area contributed by atoms with Crippen LogP contribution in [0.2, 0.25) is 0 Å². The molecular formula is C26H23NO4S. The largest absolute Gasteiger partial charge is 0.493 e. The lowest BCUT2D eigenvalue weighted by molar-refractivity contribution is -0.123. The van der Waals surface area contributed by atoms with Crippen LogP contribution in [0.4, 0.5) is 4.79 Å². The van der Waals surface area contributed by atoms with Crippen LogP contribution in [0.5, 0.6) is 11.5 Å². The van der Waals surface area contributed by atoms with E-state index in [0.29, 0.717) is 23.0 Å². The Morgan fingerprint density at radius 2 is 1.69 bits per heavy atom. The first-order chi connectivity index (χ1) is 15.5. The number of carbonyl (C=O) groups is 2. The summed E-state index contributed by atoms with van der Waals surface area (Å²) in [7, 11) is 1.58. The molecule has 0 N–H and O–H groups in total. The first kappa shape index (κ1) is 21.7. The van der Waals surface area contributed by atoms with Crippen molar-refractivity contribution in [3.05, 3.63) is 100.0 Å². The minimum absolute atomic E-state index is 0.265. The highest BCUT2D eigenvalue weighted by Gasteiger charge is 2.35. The highest BCUT2D eigenvalue weighted by Crippen LogP contribution is 2.35. The van der Waals surface area contributed by atoms with E-state index in [9.17, 15) is 9.59 Å². The topological polar surface area (TPSA) is 55.8 Å². The van der Waals surface area contributed by atoms with Crippen molar-refractivity contribution in [3.8, 4) is 11.5 Å². The fraction of sp³-hybridized carbons (Fsp3) is 0.154. The number of rotatable bonds is 7. The maximum Gasteiger partial charge on any atom is 0.293 e. The molecule has 0 saturated carbocycles. The summed E-state index contributed by atoms with van der Waals surface area (Å²) in [4.78, 5) is 27.1. The van der Waals surface area contributed by atoms with Crippen LogP contribution in [0.15, 0.2) is 77.7 Å². The van der Waals surface area contributed by atoms with E-state index in [1.165, 1.54) is 4.90 Å². The summed E-state index contributed by atoms with van der Waals surface area (Å²) in [6.45, 7) is 2.63. The van der Waals surface area contributed by atoms with Gasteiger partial charge in [-0.2, -0.15) is 0 Å². The lowest BCUT2D eigenvalue weighted by atomic mass is 10.1. The standard InChI is InChI=1S/C26H23NO4S/c1-18-8-6-7-11-21(18)16-27-25(28)24(32-26(27)29)15-20-12-13-22(30-2)23(14-20)31-17-19-9-4-3-5-10-19/h3-15H,16-17H2,1-2H3/b24-15-. The van der Waals surface area contributed by atoms with Crippen molar-refractivity contribution in [2.24, 2.45) is 0 Å². The van der Waals surface area contributed by atoms with Crippen molar-refractivity contribution in [2.45, 2.75) is 20.1 Å². The van der Waals surface area contributed by atoms with Gasteiger partial charge in [0, 0.05) is 0 Å². The van der Waals surface area contributed by atoms with Crippen molar-refractivity contribution in [1.82, 2.24) is 4.90 Å². The lowest BCUT2D eigenvalue weighted by Gasteiger charge is -2.14. The van der Waals surface area contributed by atoms with Gasteiger partial charge in [-0.15, -0.1) is 0 Å². The van der Waals surface area contributed by atoms with Crippen molar-refractivity contribution in [2.75, 3.05) is 7.11 Å². The number of benzene rings is 3. The van der Waals surface area contributed by atoms with Gasteiger partial charge in [0.05, 0.1) is 18.6 Å². The van der Waals surface area contributed by atoms with Gasteiger partial charge in [0.1, 0.15) is 6.61 Å². The summed E-state index contributed by atoms with van der Waals surface area (Å²) in [5.41, 5.74) is 3.80. The molecule has 1 saturated heterocycles. The van der Waals surface area contributed by atoms with Crippen LogP contribution >= 0.6 is 11.8 Å². The first-order valence-corrected chi connectivity index (χ1v) is 11.0. The Balaban J connectivity index is 1.53. The third-order valence-corrected chi connectivity index (χ3v) is 6.09. The average Bonchev–Trinajstić information content (AvgIpc) is 3.07. The summed E-state index contributed by atoms with van der Waals surface area (Å²) >= 11 is 0.954. The second kappa shape index (κ2) is 9.75. The monoisotopic (exact) mass is 445 g/mol. The summed E-state index contributed by atoms with van der Waals surface area (Å²) in [5, 5.41) is -0.265. The molecule has 6 heteroatoms. The molecule has 0 aromatic heterocycles. The van der Waals surface area contributed by atoms with Crippen LogP contribution < -0.4 is 9.47 Å². The van der Waals surface area contributed by atoms with Gasteiger partial charge in [0.2, 0.25) is 0 Å². The Hall–Kier alpha value is -3.51. The number of nitrogens with zero attached hydrogens (tertiary/aromatic N) is 1. The molecular weight excluding hydrogens is 422 g/mol. The molecule has 0 bridgehead atoms. The number of hydrogen-bond acceptors (Lipinski definition) is 5. The third-order valence-electron chi connectivity index (χ3n) is 5.19. The molecule has 0 unspecified atom stereocenters. The van der Waals surface area contributed by atoms with Crippen LogP contribution in [0.3, 0.4) is 0 Å². The van der Waals surface area contributed by atoms with Gasteiger partial charge in [-0.25, -0.2) is 0 Å². The van der Waals surface area contributed by atoms with Gasteiger partial charge in [-0.05, 0) is 59.1 Å². The third kappa shape index (κ3) is 4.86. The van der Waals surface area contributed by atoms with E-state index >= 15 is 0 Å². The van der Waals surface area contributed by atoms with Crippen molar-refractivity contribution in [3.63, 3.8) is 0 Å². The Morgan fingerprint density at radius 3 is 2.44 bits per heavy atom. The van der Waals surface area contributed by atoms with Gasteiger partial charge in [-0.3, -0.25) is 14.5 Å². The molecule has 1 aliphatic heterocycles. The summed E-state index contributed by atoms with van der Waals surface area (Å²) < 4.78 is 11.4. The molecule has 3 aromatic rings. The van der Waals surface area contributed by atoms with Gasteiger partial charge in [0.25, 0.3) is 11.1 Å². The lowest BCUT2D eigenvalue weighted by Crippen LogP contribution is -2.27. The number of hydrogen-bond donors (Lipinski definition) is 0. The van der Waals surface area contributed by atoms with Crippen LogP contribution in [-0.4, -0.2) is 23.2 Å². The SMILES string of the molecule is COc1ccc(/C=C2\SC(=O)N(Cc3ccccc3C)C2=O)cc1OCc1ccccc1. The van der Waals surface area contributed by atoms with E-state index in [1.54, 1.807) is 19.3 Å². The zero-order valence-corrected chi connectivity index (χ0v) is 18.7. The normalized spacial score (nSPS) is 14.8. The number of ether oxygens (including phenoxy) is 2. The molecule has 0 radical (unpaired) electrons. The van der Waals surface area contributed by atoms with E-state index in [-0.39, 0.29) is 17.7 Å². The highest BCUT2D eigenvalue weighted by molar-refractivity contribution is 8.18. The highest BCUT2D eigenvalue weighted by atomic mass is 32.2. The second-order valence-corrected chi connectivity index (χ2v) is 8.37. The van der Waals surface area contributed by atoms with Crippen LogP contribution in [-0.2, 0) is 17.9 Å². The number of aryl methyl sites for hydroxylation is 1. The van der Waals surface area contributed by atoms with Crippen molar-refractivity contribution < 1.29 is 19.1 Å². The summed E-state index contributed by atoms with van der Waals surface area (Å²) in [6.07, 6.45) is 1.72. The van der Waals surface area contributed by atoms with Gasteiger partial charge < -0.3 is 9.47 Å².